The van der Waals surface area contributed by atoms with Crippen molar-refractivity contribution in [1.29, 1.82) is 0 Å². The third-order valence-corrected chi connectivity index (χ3v) is 3.58. The zero-order chi connectivity index (χ0) is 18.9. The van der Waals surface area contributed by atoms with E-state index in [2.05, 4.69) is 30.0 Å². The molecule has 0 aromatic heterocycles. The number of hydrazine groups is 1. The van der Waals surface area contributed by atoms with Crippen LogP contribution in [0.5, 0.6) is 11.5 Å². The summed E-state index contributed by atoms with van der Waals surface area (Å²) in [5.41, 5.74) is 6.30. The minimum atomic E-state index is -0.565. The first-order chi connectivity index (χ1) is 12.5. The van der Waals surface area contributed by atoms with Gasteiger partial charge in [-0.3, -0.25) is 10.2 Å². The third-order valence-electron chi connectivity index (χ3n) is 3.58. The van der Waals surface area contributed by atoms with Gasteiger partial charge in [0.05, 0.1) is 7.11 Å². The van der Waals surface area contributed by atoms with E-state index in [0.29, 0.717) is 23.1 Å². The van der Waals surface area contributed by atoms with Crippen molar-refractivity contribution in [2.45, 2.75) is 19.8 Å². The van der Waals surface area contributed by atoms with Gasteiger partial charge < -0.3 is 14.8 Å². The molecule has 0 aliphatic heterocycles. The van der Waals surface area contributed by atoms with Crippen LogP contribution in [-0.4, -0.2) is 25.7 Å². The summed E-state index contributed by atoms with van der Waals surface area (Å²) in [6, 6.07) is 13.8. The molecule has 7 heteroatoms. The molecule has 0 atom stereocenters. The molecule has 0 aliphatic carbocycles. The molecule has 0 heterocycles. The van der Waals surface area contributed by atoms with Crippen molar-refractivity contribution in [3.63, 3.8) is 0 Å². The van der Waals surface area contributed by atoms with Crippen molar-refractivity contribution in [3.8, 4) is 11.5 Å². The van der Waals surface area contributed by atoms with Crippen molar-refractivity contribution in [2.24, 2.45) is 0 Å². The standard InChI is InChI=1S/C19H23N3O4/c1-13(2)14-4-8-17(9-5-14)26-12-18(23)21-22-19(24)20-15-6-10-16(25-3)11-7-15/h4-11,13H,12H2,1-3H3,(H,21,23)(H2,20,22,24). The topological polar surface area (TPSA) is 88.7 Å². The van der Waals surface area contributed by atoms with Crippen LogP contribution in [0.4, 0.5) is 10.5 Å². The quantitative estimate of drug-likeness (QED) is 0.693. The van der Waals surface area contributed by atoms with E-state index in [4.69, 9.17) is 9.47 Å². The Hall–Kier alpha value is -3.22. The molecule has 0 aliphatic rings. The number of carbonyl (C=O) groups excluding carboxylic acids is 2. The van der Waals surface area contributed by atoms with E-state index in [9.17, 15) is 9.59 Å². The number of benzene rings is 2. The second-order valence-electron chi connectivity index (χ2n) is 5.87. The number of urea groups is 1. The van der Waals surface area contributed by atoms with Crippen molar-refractivity contribution in [2.75, 3.05) is 19.0 Å². The highest BCUT2D eigenvalue weighted by atomic mass is 16.5. The molecule has 0 unspecified atom stereocenters. The predicted octanol–water partition coefficient (Wildman–Crippen LogP) is 3.05. The summed E-state index contributed by atoms with van der Waals surface area (Å²) in [5.74, 6) is 1.23. The summed E-state index contributed by atoms with van der Waals surface area (Å²) in [6.07, 6.45) is 0. The van der Waals surface area contributed by atoms with Gasteiger partial charge in [-0.15, -0.1) is 0 Å². The van der Waals surface area contributed by atoms with Crippen molar-refractivity contribution >= 4 is 17.6 Å². The second-order valence-corrected chi connectivity index (χ2v) is 5.87. The molecule has 3 N–H and O–H groups in total. The van der Waals surface area contributed by atoms with Crippen molar-refractivity contribution in [3.05, 3.63) is 54.1 Å². The van der Waals surface area contributed by atoms with Crippen LogP contribution in [0.1, 0.15) is 25.3 Å². The maximum Gasteiger partial charge on any atom is 0.337 e. The summed E-state index contributed by atoms with van der Waals surface area (Å²) >= 11 is 0. The maximum atomic E-state index is 11.7. The SMILES string of the molecule is COc1ccc(NC(=O)NNC(=O)COc2ccc(C(C)C)cc2)cc1. The average Bonchev–Trinajstić information content (AvgIpc) is 2.65. The van der Waals surface area contributed by atoms with Crippen LogP contribution in [0.2, 0.25) is 0 Å². The number of anilines is 1. The first-order valence-corrected chi connectivity index (χ1v) is 8.20. The Morgan fingerprint density at radius 3 is 2.12 bits per heavy atom. The van der Waals surface area contributed by atoms with Gasteiger partial charge in [0.2, 0.25) is 0 Å². The fraction of sp³-hybridized carbons (Fsp3) is 0.263. The summed E-state index contributed by atoms with van der Waals surface area (Å²) in [4.78, 5) is 23.5. The van der Waals surface area contributed by atoms with Crippen LogP contribution in [-0.2, 0) is 4.79 Å². The normalized spacial score (nSPS) is 10.2. The summed E-state index contributed by atoms with van der Waals surface area (Å²) in [7, 11) is 1.56. The Balaban J connectivity index is 1.71. The number of hydrogen-bond donors (Lipinski definition) is 3. The largest absolute Gasteiger partial charge is 0.497 e. The summed E-state index contributed by atoms with van der Waals surface area (Å²) < 4.78 is 10.4. The van der Waals surface area contributed by atoms with Crippen molar-refractivity contribution < 1.29 is 19.1 Å². The highest BCUT2D eigenvalue weighted by molar-refractivity contribution is 5.91. The van der Waals surface area contributed by atoms with Gasteiger partial charge in [-0.1, -0.05) is 26.0 Å². The summed E-state index contributed by atoms with van der Waals surface area (Å²) in [6.45, 7) is 4.00. The lowest BCUT2D eigenvalue weighted by atomic mass is 10.0. The molecule has 0 radical (unpaired) electrons. The Morgan fingerprint density at radius 1 is 0.923 bits per heavy atom. The van der Waals surface area contributed by atoms with Gasteiger partial charge in [-0.25, -0.2) is 10.2 Å². The second kappa shape index (κ2) is 9.31. The molecule has 0 bridgehead atoms. The van der Waals surface area contributed by atoms with E-state index in [1.165, 1.54) is 5.56 Å². The number of rotatable bonds is 6. The fourth-order valence-corrected chi connectivity index (χ4v) is 2.10. The molecule has 7 nitrogen and oxygen atoms in total. The molecular formula is C19H23N3O4. The van der Waals surface area contributed by atoms with Gasteiger partial charge in [-0.05, 0) is 47.9 Å². The molecule has 0 saturated heterocycles. The van der Waals surface area contributed by atoms with Crippen LogP contribution in [0.3, 0.4) is 0 Å². The van der Waals surface area contributed by atoms with Crippen LogP contribution in [0.25, 0.3) is 0 Å². The van der Waals surface area contributed by atoms with Gasteiger partial charge in [0.1, 0.15) is 11.5 Å². The lowest BCUT2D eigenvalue weighted by Gasteiger charge is -2.11. The van der Waals surface area contributed by atoms with Gasteiger partial charge in [0, 0.05) is 5.69 Å². The fourth-order valence-electron chi connectivity index (χ4n) is 2.10. The van der Waals surface area contributed by atoms with Gasteiger partial charge in [0.25, 0.3) is 5.91 Å². The van der Waals surface area contributed by atoms with E-state index in [0.717, 1.165) is 0 Å². The van der Waals surface area contributed by atoms with Gasteiger partial charge in [0.15, 0.2) is 6.61 Å². The molecule has 0 spiro atoms. The van der Waals surface area contributed by atoms with Crippen LogP contribution < -0.4 is 25.6 Å². The van der Waals surface area contributed by atoms with E-state index < -0.39 is 11.9 Å². The van der Waals surface area contributed by atoms with Crippen LogP contribution in [0.15, 0.2) is 48.5 Å². The molecule has 26 heavy (non-hydrogen) atoms. The third kappa shape index (κ3) is 6.01. The predicted molar refractivity (Wildman–Crippen MR) is 99.3 cm³/mol. The lowest BCUT2D eigenvalue weighted by molar-refractivity contribution is -0.123. The van der Waals surface area contributed by atoms with E-state index in [1.807, 2.05) is 24.3 Å². The number of methoxy groups -OCH3 is 1. The summed E-state index contributed by atoms with van der Waals surface area (Å²) in [5, 5.41) is 2.58. The number of nitrogens with one attached hydrogen (secondary N) is 3. The molecule has 3 amide bonds. The Labute approximate surface area is 152 Å². The zero-order valence-corrected chi connectivity index (χ0v) is 15.0. The Morgan fingerprint density at radius 2 is 1.54 bits per heavy atom. The molecular weight excluding hydrogens is 334 g/mol. The first-order valence-electron chi connectivity index (χ1n) is 8.20. The lowest BCUT2D eigenvalue weighted by Crippen LogP contribution is -2.45. The number of ether oxygens (including phenoxy) is 2. The Bertz CT molecular complexity index is 727. The molecule has 0 fully saturated rings. The molecule has 2 rings (SSSR count). The van der Waals surface area contributed by atoms with Crippen LogP contribution >= 0.6 is 0 Å². The maximum absolute atomic E-state index is 11.7. The highest BCUT2D eigenvalue weighted by Crippen LogP contribution is 2.18. The van der Waals surface area contributed by atoms with E-state index in [-0.39, 0.29) is 6.61 Å². The molecule has 2 aromatic carbocycles. The van der Waals surface area contributed by atoms with Gasteiger partial charge in [-0.2, -0.15) is 0 Å². The number of carbonyl (C=O) groups is 2. The number of amides is 3. The highest BCUT2D eigenvalue weighted by Gasteiger charge is 2.06. The van der Waals surface area contributed by atoms with E-state index >= 15 is 0 Å². The van der Waals surface area contributed by atoms with E-state index in [1.54, 1.807) is 31.4 Å². The molecule has 2 aromatic rings. The monoisotopic (exact) mass is 357 g/mol. The minimum Gasteiger partial charge on any atom is -0.497 e. The molecule has 138 valence electrons. The molecule has 0 saturated carbocycles. The Kier molecular flexibility index (Phi) is 6.84. The average molecular weight is 357 g/mol. The van der Waals surface area contributed by atoms with Crippen molar-refractivity contribution in [1.82, 2.24) is 10.9 Å². The van der Waals surface area contributed by atoms with Gasteiger partial charge >= 0.3 is 6.03 Å². The van der Waals surface area contributed by atoms with Crippen LogP contribution in [0, 0.1) is 0 Å². The number of hydrogen-bond acceptors (Lipinski definition) is 4. The zero-order valence-electron chi connectivity index (χ0n) is 15.0. The minimum absolute atomic E-state index is 0.205. The smallest absolute Gasteiger partial charge is 0.337 e. The first kappa shape index (κ1) is 19.1.